The summed E-state index contributed by atoms with van der Waals surface area (Å²) < 4.78 is 6.46. The molecule has 0 spiro atoms. The van der Waals surface area contributed by atoms with Gasteiger partial charge in [-0.3, -0.25) is 0 Å². The van der Waals surface area contributed by atoms with Crippen molar-refractivity contribution < 1.29 is 4.42 Å². The standard InChI is InChI=1S/C14H16INO/c1-2-5-11-6-3-4-7-13(11)16-10-12-8-9-14(15)17-12/h3-4,6-9,16H,2,5,10H2,1H3. The van der Waals surface area contributed by atoms with Crippen LogP contribution in [-0.4, -0.2) is 0 Å². The van der Waals surface area contributed by atoms with E-state index in [0.29, 0.717) is 0 Å². The van der Waals surface area contributed by atoms with Gasteiger partial charge >= 0.3 is 0 Å². The van der Waals surface area contributed by atoms with Gasteiger partial charge in [0.15, 0.2) is 3.77 Å². The summed E-state index contributed by atoms with van der Waals surface area (Å²) in [5.74, 6) is 0.973. The van der Waals surface area contributed by atoms with E-state index < -0.39 is 0 Å². The lowest BCUT2D eigenvalue weighted by Crippen LogP contribution is -2.01. The molecule has 0 saturated heterocycles. The molecule has 3 heteroatoms. The molecule has 17 heavy (non-hydrogen) atoms. The van der Waals surface area contributed by atoms with Crippen LogP contribution in [0, 0.1) is 3.77 Å². The molecule has 0 saturated carbocycles. The lowest BCUT2D eigenvalue weighted by Gasteiger charge is -2.10. The second-order valence-corrected chi connectivity index (χ2v) is 5.03. The number of para-hydroxylation sites is 1. The molecule has 1 aromatic heterocycles. The average Bonchev–Trinajstić information content (AvgIpc) is 2.74. The Hall–Kier alpha value is -0.970. The van der Waals surface area contributed by atoms with Gasteiger partial charge in [-0.1, -0.05) is 31.5 Å². The van der Waals surface area contributed by atoms with E-state index in [-0.39, 0.29) is 0 Å². The maximum atomic E-state index is 5.53. The fourth-order valence-corrected chi connectivity index (χ4v) is 2.27. The second kappa shape index (κ2) is 6.10. The van der Waals surface area contributed by atoms with E-state index in [4.69, 9.17) is 4.42 Å². The van der Waals surface area contributed by atoms with E-state index >= 15 is 0 Å². The number of halogens is 1. The summed E-state index contributed by atoms with van der Waals surface area (Å²) in [6.07, 6.45) is 2.27. The minimum Gasteiger partial charge on any atom is -0.454 e. The lowest BCUT2D eigenvalue weighted by molar-refractivity contribution is 0.493. The van der Waals surface area contributed by atoms with E-state index in [1.165, 1.54) is 11.3 Å². The maximum Gasteiger partial charge on any atom is 0.164 e. The fraction of sp³-hybridized carbons (Fsp3) is 0.286. The van der Waals surface area contributed by atoms with Crippen LogP contribution in [-0.2, 0) is 13.0 Å². The van der Waals surface area contributed by atoms with E-state index in [2.05, 4.69) is 59.1 Å². The van der Waals surface area contributed by atoms with Crippen LogP contribution >= 0.6 is 22.6 Å². The van der Waals surface area contributed by atoms with Gasteiger partial charge in [-0.2, -0.15) is 0 Å². The van der Waals surface area contributed by atoms with Crippen LogP contribution in [0.2, 0.25) is 0 Å². The molecule has 0 unspecified atom stereocenters. The van der Waals surface area contributed by atoms with Crippen LogP contribution in [0.15, 0.2) is 40.8 Å². The molecule has 1 N–H and O–H groups in total. The molecule has 0 aliphatic rings. The van der Waals surface area contributed by atoms with Gasteiger partial charge in [0.25, 0.3) is 0 Å². The average molecular weight is 341 g/mol. The highest BCUT2D eigenvalue weighted by atomic mass is 127. The van der Waals surface area contributed by atoms with E-state index in [1.54, 1.807) is 0 Å². The molecule has 1 heterocycles. The summed E-state index contributed by atoms with van der Waals surface area (Å²) >= 11 is 2.18. The van der Waals surface area contributed by atoms with Gasteiger partial charge in [0, 0.05) is 5.69 Å². The van der Waals surface area contributed by atoms with Crippen molar-refractivity contribution in [1.82, 2.24) is 0 Å². The van der Waals surface area contributed by atoms with E-state index in [0.717, 1.165) is 28.9 Å². The predicted molar refractivity (Wildman–Crippen MR) is 79.2 cm³/mol. The van der Waals surface area contributed by atoms with Crippen LogP contribution in [0.4, 0.5) is 5.69 Å². The highest BCUT2D eigenvalue weighted by molar-refractivity contribution is 14.1. The number of hydrogen-bond donors (Lipinski definition) is 1. The fourth-order valence-electron chi connectivity index (χ4n) is 1.81. The van der Waals surface area contributed by atoms with E-state index in [9.17, 15) is 0 Å². The van der Waals surface area contributed by atoms with Crippen molar-refractivity contribution in [2.75, 3.05) is 5.32 Å². The summed E-state index contributed by atoms with van der Waals surface area (Å²) in [5.41, 5.74) is 2.58. The van der Waals surface area contributed by atoms with Crippen LogP contribution in [0.5, 0.6) is 0 Å². The van der Waals surface area contributed by atoms with Gasteiger partial charge < -0.3 is 9.73 Å². The molecule has 0 atom stereocenters. The van der Waals surface area contributed by atoms with Crippen molar-refractivity contribution in [3.05, 3.63) is 51.5 Å². The van der Waals surface area contributed by atoms with Crippen molar-refractivity contribution in [2.24, 2.45) is 0 Å². The zero-order chi connectivity index (χ0) is 12.1. The minimum absolute atomic E-state index is 0.740. The molecule has 0 amide bonds. The van der Waals surface area contributed by atoms with Crippen molar-refractivity contribution in [3.8, 4) is 0 Å². The van der Waals surface area contributed by atoms with E-state index in [1.807, 2.05) is 12.1 Å². The Kier molecular flexibility index (Phi) is 4.48. The monoisotopic (exact) mass is 341 g/mol. The molecule has 1 aromatic carbocycles. The second-order valence-electron chi connectivity index (χ2n) is 3.97. The van der Waals surface area contributed by atoms with Crippen molar-refractivity contribution in [3.63, 3.8) is 0 Å². The van der Waals surface area contributed by atoms with Gasteiger partial charge in [0.1, 0.15) is 5.76 Å². The van der Waals surface area contributed by atoms with Gasteiger partial charge in [0.05, 0.1) is 6.54 Å². The number of anilines is 1. The highest BCUT2D eigenvalue weighted by Gasteiger charge is 2.02. The lowest BCUT2D eigenvalue weighted by atomic mass is 10.1. The molecule has 2 aromatic rings. The smallest absolute Gasteiger partial charge is 0.164 e. The van der Waals surface area contributed by atoms with Crippen molar-refractivity contribution >= 4 is 28.3 Å². The first-order valence-electron chi connectivity index (χ1n) is 5.85. The molecule has 2 rings (SSSR count). The minimum atomic E-state index is 0.740. The first-order valence-corrected chi connectivity index (χ1v) is 6.93. The van der Waals surface area contributed by atoms with Gasteiger partial charge in [-0.15, -0.1) is 0 Å². The summed E-state index contributed by atoms with van der Waals surface area (Å²) in [6, 6.07) is 12.4. The Bertz CT molecular complexity index is 479. The topological polar surface area (TPSA) is 25.2 Å². The molecular weight excluding hydrogens is 325 g/mol. The molecule has 0 fully saturated rings. The highest BCUT2D eigenvalue weighted by Crippen LogP contribution is 2.18. The summed E-state index contributed by atoms with van der Waals surface area (Å²) in [6.45, 7) is 2.94. The number of furan rings is 1. The number of rotatable bonds is 5. The van der Waals surface area contributed by atoms with Crippen molar-refractivity contribution in [1.29, 1.82) is 0 Å². The first-order chi connectivity index (χ1) is 8.29. The quantitative estimate of drug-likeness (QED) is 0.813. The van der Waals surface area contributed by atoms with Crippen molar-refractivity contribution in [2.45, 2.75) is 26.3 Å². The van der Waals surface area contributed by atoms with Crippen LogP contribution in [0.1, 0.15) is 24.7 Å². The van der Waals surface area contributed by atoms with Gasteiger partial charge in [-0.05, 0) is 52.8 Å². The number of hydrogen-bond acceptors (Lipinski definition) is 2. The third-order valence-electron chi connectivity index (χ3n) is 2.62. The zero-order valence-electron chi connectivity index (χ0n) is 9.87. The largest absolute Gasteiger partial charge is 0.454 e. The molecule has 0 aliphatic carbocycles. The summed E-state index contributed by atoms with van der Waals surface area (Å²) in [7, 11) is 0. The number of benzene rings is 1. The molecule has 0 aliphatic heterocycles. The summed E-state index contributed by atoms with van der Waals surface area (Å²) in [5, 5.41) is 3.43. The Labute approximate surface area is 116 Å². The molecular formula is C14H16INO. The maximum absolute atomic E-state index is 5.53. The number of aryl methyl sites for hydroxylation is 1. The van der Waals surface area contributed by atoms with Gasteiger partial charge in [0.2, 0.25) is 0 Å². The van der Waals surface area contributed by atoms with Crippen LogP contribution < -0.4 is 5.32 Å². The molecule has 0 bridgehead atoms. The third kappa shape index (κ3) is 3.49. The Balaban J connectivity index is 2.03. The molecule has 2 nitrogen and oxygen atoms in total. The van der Waals surface area contributed by atoms with Crippen LogP contribution in [0.3, 0.4) is 0 Å². The molecule has 0 radical (unpaired) electrons. The number of nitrogens with one attached hydrogen (secondary N) is 1. The predicted octanol–water partition coefficient (Wildman–Crippen LogP) is 4.45. The van der Waals surface area contributed by atoms with Crippen LogP contribution in [0.25, 0.3) is 0 Å². The zero-order valence-corrected chi connectivity index (χ0v) is 12.0. The SMILES string of the molecule is CCCc1ccccc1NCc1ccc(I)o1. The normalized spacial score (nSPS) is 10.5. The Morgan fingerprint density at radius 3 is 2.71 bits per heavy atom. The summed E-state index contributed by atoms with van der Waals surface area (Å²) in [4.78, 5) is 0. The third-order valence-corrected chi connectivity index (χ3v) is 3.20. The Morgan fingerprint density at radius 1 is 1.18 bits per heavy atom. The Morgan fingerprint density at radius 2 is 2.00 bits per heavy atom. The first kappa shape index (κ1) is 12.5. The van der Waals surface area contributed by atoms with Gasteiger partial charge in [-0.25, -0.2) is 0 Å². The molecule has 90 valence electrons.